The molecular formula is C23H34N2O3S. The summed E-state index contributed by atoms with van der Waals surface area (Å²) < 4.78 is 26.0. The fourth-order valence-corrected chi connectivity index (χ4v) is 4.45. The number of carbonyl (C=O) groups excluding carboxylic acids is 1. The lowest BCUT2D eigenvalue weighted by Gasteiger charge is -2.23. The van der Waals surface area contributed by atoms with Crippen LogP contribution in [0.3, 0.4) is 0 Å². The Morgan fingerprint density at radius 2 is 1.79 bits per heavy atom. The molecule has 160 valence electrons. The molecule has 0 spiro atoms. The third kappa shape index (κ3) is 7.35. The van der Waals surface area contributed by atoms with Crippen LogP contribution in [0, 0.1) is 5.92 Å². The fraction of sp³-hybridized carbons (Fsp3) is 0.522. The van der Waals surface area contributed by atoms with Crippen LogP contribution in [-0.4, -0.2) is 33.7 Å². The van der Waals surface area contributed by atoms with Crippen LogP contribution < -0.4 is 9.62 Å². The Hall–Kier alpha value is -2.08. The van der Waals surface area contributed by atoms with Gasteiger partial charge in [0.2, 0.25) is 15.9 Å². The number of sulfonamides is 1. The molecule has 5 nitrogen and oxygen atoms in total. The van der Waals surface area contributed by atoms with E-state index in [2.05, 4.69) is 19.2 Å². The minimum Gasteiger partial charge on any atom is -0.356 e. The predicted molar refractivity (Wildman–Crippen MR) is 122 cm³/mol. The summed E-state index contributed by atoms with van der Waals surface area (Å²) in [5.74, 6) is 0.510. The third-order valence-corrected chi connectivity index (χ3v) is 6.51. The quantitative estimate of drug-likeness (QED) is 0.542. The number of nitrogens with one attached hydrogen (secondary N) is 1. The van der Waals surface area contributed by atoms with Gasteiger partial charge in [0.05, 0.1) is 11.9 Å². The SMILES string of the molecule is CCCC[C@H](CC)CNC(=O)CCCN(c1ccc2ccccc2c1)S(C)(=O)=O. The summed E-state index contributed by atoms with van der Waals surface area (Å²) in [6.45, 7) is 5.32. The molecule has 0 saturated carbocycles. The first-order chi connectivity index (χ1) is 13.8. The lowest BCUT2D eigenvalue weighted by Crippen LogP contribution is -2.33. The Balaban J connectivity index is 1.93. The minimum absolute atomic E-state index is 0.00749. The number of fused-ring (bicyclic) bond motifs is 1. The van der Waals surface area contributed by atoms with Crippen molar-refractivity contribution in [1.82, 2.24) is 5.32 Å². The molecule has 2 aromatic carbocycles. The highest BCUT2D eigenvalue weighted by Crippen LogP contribution is 2.24. The van der Waals surface area contributed by atoms with Gasteiger partial charge in [0.15, 0.2) is 0 Å². The first-order valence-electron chi connectivity index (χ1n) is 10.6. The number of nitrogens with zero attached hydrogens (tertiary/aromatic N) is 1. The molecule has 1 amide bonds. The highest BCUT2D eigenvalue weighted by molar-refractivity contribution is 7.92. The van der Waals surface area contributed by atoms with Crippen molar-refractivity contribution >= 4 is 32.4 Å². The van der Waals surface area contributed by atoms with E-state index in [0.717, 1.165) is 23.6 Å². The number of hydrogen-bond donors (Lipinski definition) is 1. The monoisotopic (exact) mass is 418 g/mol. The third-order valence-electron chi connectivity index (χ3n) is 5.32. The van der Waals surface area contributed by atoms with Gasteiger partial charge in [-0.1, -0.05) is 63.4 Å². The average molecular weight is 419 g/mol. The van der Waals surface area contributed by atoms with Gasteiger partial charge < -0.3 is 5.32 Å². The zero-order chi connectivity index (χ0) is 21.3. The largest absolute Gasteiger partial charge is 0.356 e. The number of anilines is 1. The van der Waals surface area contributed by atoms with Crippen LogP contribution in [0.1, 0.15) is 52.4 Å². The highest BCUT2D eigenvalue weighted by atomic mass is 32.2. The van der Waals surface area contributed by atoms with Crippen LogP contribution in [0.2, 0.25) is 0 Å². The van der Waals surface area contributed by atoms with Gasteiger partial charge in [-0.3, -0.25) is 9.10 Å². The summed E-state index contributed by atoms with van der Waals surface area (Å²) >= 11 is 0. The van der Waals surface area contributed by atoms with E-state index in [4.69, 9.17) is 0 Å². The molecule has 1 atom stereocenters. The van der Waals surface area contributed by atoms with Crippen LogP contribution in [0.25, 0.3) is 10.8 Å². The van der Waals surface area contributed by atoms with E-state index >= 15 is 0 Å². The minimum atomic E-state index is -3.42. The van der Waals surface area contributed by atoms with Crippen LogP contribution in [-0.2, 0) is 14.8 Å². The summed E-state index contributed by atoms with van der Waals surface area (Å²) in [6, 6.07) is 13.5. The predicted octanol–water partition coefficient (Wildman–Crippen LogP) is 4.72. The Morgan fingerprint density at radius 1 is 1.07 bits per heavy atom. The van der Waals surface area contributed by atoms with Crippen molar-refractivity contribution in [1.29, 1.82) is 0 Å². The molecule has 6 heteroatoms. The van der Waals surface area contributed by atoms with Crippen molar-refractivity contribution in [2.45, 2.75) is 52.4 Å². The topological polar surface area (TPSA) is 66.5 Å². The normalized spacial score (nSPS) is 12.7. The number of amides is 1. The van der Waals surface area contributed by atoms with Crippen LogP contribution in [0.15, 0.2) is 42.5 Å². The maximum atomic E-state index is 12.3. The highest BCUT2D eigenvalue weighted by Gasteiger charge is 2.18. The molecular weight excluding hydrogens is 384 g/mol. The summed E-state index contributed by atoms with van der Waals surface area (Å²) in [7, 11) is -3.42. The number of rotatable bonds is 12. The molecule has 1 N–H and O–H groups in total. The molecule has 0 unspecified atom stereocenters. The summed E-state index contributed by atoms with van der Waals surface area (Å²) in [4.78, 5) is 12.2. The first kappa shape index (κ1) is 23.2. The van der Waals surface area contributed by atoms with E-state index in [9.17, 15) is 13.2 Å². The molecule has 0 radical (unpaired) electrons. The maximum absolute atomic E-state index is 12.3. The summed E-state index contributed by atoms with van der Waals surface area (Å²) in [5.41, 5.74) is 0.636. The standard InChI is InChI=1S/C23H34N2O3S/c1-4-6-10-19(5-2)18-24-23(26)13-9-16-25(29(3,27)28)22-15-14-20-11-7-8-12-21(20)17-22/h7-8,11-12,14-15,17,19H,4-6,9-10,13,16,18H2,1-3H3,(H,24,26)/t19-/m0/s1. The van der Waals surface area contributed by atoms with Crippen molar-refractivity contribution < 1.29 is 13.2 Å². The summed E-state index contributed by atoms with van der Waals surface area (Å²) in [6.07, 6.45) is 6.56. The lowest BCUT2D eigenvalue weighted by atomic mass is 9.99. The second-order valence-corrected chi connectivity index (χ2v) is 9.60. The summed E-state index contributed by atoms with van der Waals surface area (Å²) in [5, 5.41) is 5.07. The average Bonchev–Trinajstić information content (AvgIpc) is 2.70. The van der Waals surface area contributed by atoms with Crippen molar-refractivity contribution in [3.8, 4) is 0 Å². The molecule has 0 aromatic heterocycles. The Morgan fingerprint density at radius 3 is 2.45 bits per heavy atom. The van der Waals surface area contributed by atoms with Gasteiger partial charge in [0.1, 0.15) is 0 Å². The molecule has 0 bridgehead atoms. The number of benzene rings is 2. The zero-order valence-electron chi connectivity index (χ0n) is 17.9. The Labute approximate surface area is 175 Å². The number of hydrogen-bond acceptors (Lipinski definition) is 3. The van der Waals surface area contributed by atoms with Crippen LogP contribution >= 0.6 is 0 Å². The van der Waals surface area contributed by atoms with E-state index in [-0.39, 0.29) is 12.5 Å². The molecule has 0 saturated heterocycles. The van der Waals surface area contributed by atoms with Gasteiger partial charge in [-0.15, -0.1) is 0 Å². The molecule has 2 aromatic rings. The molecule has 29 heavy (non-hydrogen) atoms. The zero-order valence-corrected chi connectivity index (χ0v) is 18.7. The van der Waals surface area contributed by atoms with E-state index in [1.54, 1.807) is 0 Å². The molecule has 2 rings (SSSR count). The Kier molecular flexibility index (Phi) is 8.96. The van der Waals surface area contributed by atoms with Crippen molar-refractivity contribution in [2.24, 2.45) is 5.92 Å². The van der Waals surface area contributed by atoms with Crippen LogP contribution in [0.5, 0.6) is 0 Å². The molecule has 0 aliphatic rings. The van der Waals surface area contributed by atoms with Gasteiger partial charge in [-0.2, -0.15) is 0 Å². The smallest absolute Gasteiger partial charge is 0.232 e. The van der Waals surface area contributed by atoms with E-state index in [0.29, 0.717) is 31.0 Å². The van der Waals surface area contributed by atoms with Gasteiger partial charge in [-0.25, -0.2) is 8.42 Å². The van der Waals surface area contributed by atoms with Crippen molar-refractivity contribution in [3.05, 3.63) is 42.5 Å². The van der Waals surface area contributed by atoms with Gasteiger partial charge in [-0.05, 0) is 41.7 Å². The van der Waals surface area contributed by atoms with Gasteiger partial charge in [0, 0.05) is 19.5 Å². The van der Waals surface area contributed by atoms with Gasteiger partial charge in [0.25, 0.3) is 0 Å². The van der Waals surface area contributed by atoms with E-state index < -0.39 is 10.0 Å². The fourth-order valence-electron chi connectivity index (χ4n) is 3.49. The Bertz CT molecular complexity index is 896. The molecule has 0 fully saturated rings. The second-order valence-electron chi connectivity index (χ2n) is 7.69. The van der Waals surface area contributed by atoms with E-state index in [1.807, 2.05) is 42.5 Å². The van der Waals surface area contributed by atoms with Crippen molar-refractivity contribution in [3.63, 3.8) is 0 Å². The maximum Gasteiger partial charge on any atom is 0.232 e. The lowest BCUT2D eigenvalue weighted by molar-refractivity contribution is -0.121. The number of unbranched alkanes of at least 4 members (excludes halogenated alkanes) is 1. The number of carbonyl (C=O) groups is 1. The molecule has 0 aliphatic heterocycles. The molecule has 0 aliphatic carbocycles. The van der Waals surface area contributed by atoms with Gasteiger partial charge >= 0.3 is 0 Å². The molecule has 0 heterocycles. The van der Waals surface area contributed by atoms with Crippen molar-refractivity contribution in [2.75, 3.05) is 23.7 Å². The second kappa shape index (κ2) is 11.2. The first-order valence-corrected chi connectivity index (χ1v) is 12.4. The van der Waals surface area contributed by atoms with Crippen LogP contribution in [0.4, 0.5) is 5.69 Å². The van der Waals surface area contributed by atoms with E-state index in [1.165, 1.54) is 23.4 Å².